The van der Waals surface area contributed by atoms with Crippen LogP contribution in [-0.4, -0.2) is 44.3 Å². The van der Waals surface area contributed by atoms with Crippen LogP contribution in [0.15, 0.2) is 0 Å². The van der Waals surface area contributed by atoms with Crippen LogP contribution in [0.25, 0.3) is 0 Å². The largest absolute Gasteiger partial charge is 1.00 e. The molecule has 0 spiro atoms. The van der Waals surface area contributed by atoms with Gasteiger partial charge in [0.1, 0.15) is 0 Å². The van der Waals surface area contributed by atoms with Gasteiger partial charge in [0, 0.05) is 0 Å². The zero-order valence-electron chi connectivity index (χ0n) is 10.3. The first-order chi connectivity index (χ1) is 7.25. The van der Waals surface area contributed by atoms with Crippen molar-refractivity contribution < 1.29 is 70.6 Å². The minimum Gasteiger partial charge on any atom is -1.00 e. The van der Waals surface area contributed by atoms with Crippen LogP contribution < -0.4 is 29.6 Å². The van der Waals surface area contributed by atoms with E-state index in [1.807, 2.05) is 0 Å². The second kappa shape index (κ2) is 12.9. The molecule has 0 aromatic heterocycles. The van der Waals surface area contributed by atoms with Gasteiger partial charge in [-0.2, -0.15) is 0 Å². The third-order valence-corrected chi connectivity index (χ3v) is 1.11. The first-order valence-electron chi connectivity index (χ1n) is 4.13. The van der Waals surface area contributed by atoms with Gasteiger partial charge >= 0.3 is 53.4 Å². The van der Waals surface area contributed by atoms with E-state index in [1.54, 1.807) is 0 Å². The Hall–Kier alpha value is -1.12. The SMILES string of the molecule is O=C(O)CCC(=O)O.O=C(O)CCC(=O)O.[H-].[Na+]. The van der Waals surface area contributed by atoms with Crippen LogP contribution in [0.2, 0.25) is 0 Å². The van der Waals surface area contributed by atoms with Gasteiger partial charge in [0.2, 0.25) is 0 Å². The molecule has 0 unspecified atom stereocenters. The van der Waals surface area contributed by atoms with Crippen molar-refractivity contribution in [2.45, 2.75) is 25.7 Å². The van der Waals surface area contributed by atoms with Gasteiger partial charge in [0.05, 0.1) is 25.7 Å². The molecule has 8 nitrogen and oxygen atoms in total. The van der Waals surface area contributed by atoms with Gasteiger partial charge in [-0.15, -0.1) is 0 Å². The van der Waals surface area contributed by atoms with E-state index < -0.39 is 23.9 Å². The molecule has 0 radical (unpaired) electrons. The molecular weight excluding hydrogens is 247 g/mol. The summed E-state index contributed by atoms with van der Waals surface area (Å²) < 4.78 is 0. The molecule has 0 fully saturated rings. The van der Waals surface area contributed by atoms with Gasteiger partial charge in [0.25, 0.3) is 0 Å². The Labute approximate surface area is 120 Å². The van der Waals surface area contributed by atoms with Gasteiger partial charge in [-0.1, -0.05) is 0 Å². The van der Waals surface area contributed by atoms with E-state index in [4.69, 9.17) is 20.4 Å². The monoisotopic (exact) mass is 260 g/mol. The van der Waals surface area contributed by atoms with Crippen molar-refractivity contribution >= 4 is 23.9 Å². The average Bonchev–Trinajstić information content (AvgIpc) is 2.12. The normalized spacial score (nSPS) is 8.00. The molecule has 17 heavy (non-hydrogen) atoms. The number of rotatable bonds is 6. The number of aliphatic carboxylic acids is 4. The predicted octanol–water partition coefficient (Wildman–Crippen LogP) is -3.01. The predicted molar refractivity (Wildman–Crippen MR) is 50.1 cm³/mol. The van der Waals surface area contributed by atoms with E-state index in [0.29, 0.717) is 0 Å². The molecule has 0 rings (SSSR count). The zero-order chi connectivity index (χ0) is 13.1. The summed E-state index contributed by atoms with van der Waals surface area (Å²) in [5.41, 5.74) is 0. The molecule has 0 aliphatic carbocycles. The fourth-order valence-corrected chi connectivity index (χ4v) is 0.428. The van der Waals surface area contributed by atoms with E-state index in [-0.39, 0.29) is 56.7 Å². The van der Waals surface area contributed by atoms with Crippen LogP contribution in [-0.2, 0) is 19.2 Å². The molecule has 0 heterocycles. The molecule has 9 heteroatoms. The number of carboxylic acids is 4. The van der Waals surface area contributed by atoms with Gasteiger partial charge < -0.3 is 21.9 Å². The first-order valence-corrected chi connectivity index (χ1v) is 4.13. The van der Waals surface area contributed by atoms with Crippen molar-refractivity contribution in [3.05, 3.63) is 0 Å². The van der Waals surface area contributed by atoms with E-state index in [0.717, 1.165) is 0 Å². The minimum atomic E-state index is -1.08. The number of hydrogen-bond acceptors (Lipinski definition) is 4. The van der Waals surface area contributed by atoms with E-state index in [1.165, 1.54) is 0 Å². The Kier molecular flexibility index (Phi) is 16.1. The van der Waals surface area contributed by atoms with Crippen LogP contribution in [0.3, 0.4) is 0 Å². The molecule has 0 aromatic rings. The Morgan fingerprint density at radius 2 is 0.706 bits per heavy atom. The van der Waals surface area contributed by atoms with Gasteiger partial charge in [-0.25, -0.2) is 0 Å². The van der Waals surface area contributed by atoms with Crippen molar-refractivity contribution in [1.29, 1.82) is 0 Å². The summed E-state index contributed by atoms with van der Waals surface area (Å²) in [6, 6.07) is 0. The van der Waals surface area contributed by atoms with Crippen molar-refractivity contribution in [3.63, 3.8) is 0 Å². The van der Waals surface area contributed by atoms with Gasteiger partial charge in [-0.3, -0.25) is 19.2 Å². The maximum atomic E-state index is 9.64. The molecule has 0 saturated carbocycles. The van der Waals surface area contributed by atoms with Crippen LogP contribution in [0.4, 0.5) is 0 Å². The van der Waals surface area contributed by atoms with Crippen molar-refractivity contribution in [3.8, 4) is 0 Å². The van der Waals surface area contributed by atoms with E-state index >= 15 is 0 Å². The Morgan fingerprint density at radius 3 is 0.765 bits per heavy atom. The summed E-state index contributed by atoms with van der Waals surface area (Å²) in [5, 5.41) is 31.6. The molecule has 0 saturated heterocycles. The second-order valence-corrected chi connectivity index (χ2v) is 2.57. The standard InChI is InChI=1S/2C4H6O4.Na.H/c2*5-3(6)1-2-4(7)8;;/h2*1-2H2,(H,5,6)(H,7,8);;/q;;+1;-1. The Morgan fingerprint density at radius 1 is 0.588 bits per heavy atom. The molecule has 4 N–H and O–H groups in total. The number of carboxylic acid groups (broad SMARTS) is 4. The maximum absolute atomic E-state index is 9.64. The van der Waals surface area contributed by atoms with E-state index in [9.17, 15) is 19.2 Å². The van der Waals surface area contributed by atoms with Crippen LogP contribution >= 0.6 is 0 Å². The summed E-state index contributed by atoms with van der Waals surface area (Å²) in [5.74, 6) is -4.31. The summed E-state index contributed by atoms with van der Waals surface area (Å²) >= 11 is 0. The molecule has 94 valence electrons. The molecular formula is C8H13NaO8. The van der Waals surface area contributed by atoms with E-state index in [2.05, 4.69) is 0 Å². The summed E-state index contributed by atoms with van der Waals surface area (Å²) in [7, 11) is 0. The quantitative estimate of drug-likeness (QED) is 0.369. The average molecular weight is 260 g/mol. The molecule has 0 aliphatic rings. The molecule has 0 amide bonds. The molecule has 0 aliphatic heterocycles. The van der Waals surface area contributed by atoms with Gasteiger partial charge in [-0.05, 0) is 0 Å². The summed E-state index contributed by atoms with van der Waals surface area (Å²) in [6.07, 6.45) is -1.19. The zero-order valence-corrected chi connectivity index (χ0v) is 11.3. The second-order valence-electron chi connectivity index (χ2n) is 2.57. The van der Waals surface area contributed by atoms with Crippen LogP contribution in [0.5, 0.6) is 0 Å². The molecule has 0 bridgehead atoms. The minimum absolute atomic E-state index is 0. The number of carbonyl (C=O) groups is 4. The van der Waals surface area contributed by atoms with Crippen molar-refractivity contribution in [1.82, 2.24) is 0 Å². The summed E-state index contributed by atoms with van der Waals surface area (Å²) in [4.78, 5) is 38.6. The van der Waals surface area contributed by atoms with Crippen molar-refractivity contribution in [2.24, 2.45) is 0 Å². The number of hydrogen-bond donors (Lipinski definition) is 4. The topological polar surface area (TPSA) is 149 Å². The van der Waals surface area contributed by atoms with Crippen LogP contribution in [0, 0.1) is 0 Å². The van der Waals surface area contributed by atoms with Crippen molar-refractivity contribution in [2.75, 3.05) is 0 Å². The third-order valence-electron chi connectivity index (χ3n) is 1.11. The Bertz CT molecular complexity index is 224. The van der Waals surface area contributed by atoms with Gasteiger partial charge in [0.15, 0.2) is 0 Å². The first kappa shape index (κ1) is 21.2. The molecule has 0 aromatic carbocycles. The smallest absolute Gasteiger partial charge is 1.00 e. The Balaban J connectivity index is -0.0000000980. The summed E-state index contributed by atoms with van der Waals surface area (Å²) in [6.45, 7) is 0. The maximum Gasteiger partial charge on any atom is 1.00 e. The third kappa shape index (κ3) is 31.3. The fourth-order valence-electron chi connectivity index (χ4n) is 0.428. The van der Waals surface area contributed by atoms with Crippen LogP contribution in [0.1, 0.15) is 27.1 Å². The fraction of sp³-hybridized carbons (Fsp3) is 0.500. The molecule has 0 atom stereocenters.